The second-order valence-corrected chi connectivity index (χ2v) is 3.26. The maximum absolute atomic E-state index is 8.84. The van der Waals surface area contributed by atoms with Crippen molar-refractivity contribution in [3.8, 4) is 0 Å². The minimum Gasteiger partial charge on any atom is -0.396 e. The fraction of sp³-hybridized carbons (Fsp3) is 0.455. The molecule has 13 heavy (non-hydrogen) atoms. The number of rotatable bonds is 5. The Balaban J connectivity index is 2.34. The Bertz CT molecular complexity index is 217. The number of aliphatic hydroxyl groups excluding tert-OH is 2. The van der Waals surface area contributed by atoms with Crippen molar-refractivity contribution >= 4 is 0 Å². The van der Waals surface area contributed by atoms with Crippen LogP contribution in [0.2, 0.25) is 0 Å². The Hall–Kier alpha value is -0.860. The summed E-state index contributed by atoms with van der Waals surface area (Å²) in [6.45, 7) is 0.146. The molecule has 0 aliphatic carbocycles. The molecule has 0 aliphatic rings. The van der Waals surface area contributed by atoms with Gasteiger partial charge >= 0.3 is 0 Å². The first-order chi connectivity index (χ1) is 6.36. The van der Waals surface area contributed by atoms with E-state index in [1.165, 1.54) is 5.56 Å². The lowest BCUT2D eigenvalue weighted by molar-refractivity contribution is 0.144. The van der Waals surface area contributed by atoms with Gasteiger partial charge in [-0.2, -0.15) is 0 Å². The van der Waals surface area contributed by atoms with Crippen molar-refractivity contribution < 1.29 is 10.2 Å². The zero-order valence-corrected chi connectivity index (χ0v) is 7.69. The van der Waals surface area contributed by atoms with Gasteiger partial charge in [0.15, 0.2) is 0 Å². The number of aryl methyl sites for hydroxylation is 1. The van der Waals surface area contributed by atoms with E-state index in [0.29, 0.717) is 0 Å². The van der Waals surface area contributed by atoms with Crippen LogP contribution in [0.15, 0.2) is 30.3 Å². The van der Waals surface area contributed by atoms with Crippen LogP contribution in [0.25, 0.3) is 0 Å². The van der Waals surface area contributed by atoms with Crippen molar-refractivity contribution in [2.45, 2.75) is 12.8 Å². The van der Waals surface area contributed by atoms with E-state index in [9.17, 15) is 0 Å². The molecular formula is C11H16O2. The predicted molar refractivity (Wildman–Crippen MR) is 52.4 cm³/mol. The molecule has 0 aliphatic heterocycles. The zero-order chi connectivity index (χ0) is 9.52. The molecular weight excluding hydrogens is 164 g/mol. The molecule has 1 aromatic rings. The molecule has 2 nitrogen and oxygen atoms in total. The van der Waals surface area contributed by atoms with Crippen molar-refractivity contribution in [1.29, 1.82) is 0 Å². The van der Waals surface area contributed by atoms with Gasteiger partial charge in [-0.1, -0.05) is 30.3 Å². The molecule has 72 valence electrons. The Kier molecular flexibility index (Phi) is 4.50. The number of hydrogen-bond donors (Lipinski definition) is 2. The van der Waals surface area contributed by atoms with E-state index < -0.39 is 0 Å². The highest BCUT2D eigenvalue weighted by molar-refractivity contribution is 5.14. The third-order valence-corrected chi connectivity index (χ3v) is 2.20. The standard InChI is InChI=1S/C11H16O2/c12-8-11(9-13)7-6-10-4-2-1-3-5-10/h1-5,11-13H,6-9H2. The van der Waals surface area contributed by atoms with Gasteiger partial charge in [-0.15, -0.1) is 0 Å². The normalized spacial score (nSPS) is 10.7. The van der Waals surface area contributed by atoms with Crippen LogP contribution in [-0.4, -0.2) is 23.4 Å². The van der Waals surface area contributed by atoms with Gasteiger partial charge in [0.25, 0.3) is 0 Å². The summed E-state index contributed by atoms with van der Waals surface area (Å²) in [4.78, 5) is 0. The van der Waals surface area contributed by atoms with E-state index in [4.69, 9.17) is 10.2 Å². The summed E-state index contributed by atoms with van der Waals surface area (Å²) in [6, 6.07) is 10.1. The second-order valence-electron chi connectivity index (χ2n) is 3.26. The molecule has 0 atom stereocenters. The summed E-state index contributed by atoms with van der Waals surface area (Å²) < 4.78 is 0. The van der Waals surface area contributed by atoms with Gasteiger partial charge in [0.1, 0.15) is 0 Å². The summed E-state index contributed by atoms with van der Waals surface area (Å²) in [5, 5.41) is 17.7. The average Bonchev–Trinajstić information content (AvgIpc) is 2.21. The van der Waals surface area contributed by atoms with Gasteiger partial charge in [-0.05, 0) is 18.4 Å². The summed E-state index contributed by atoms with van der Waals surface area (Å²) in [5.41, 5.74) is 1.26. The topological polar surface area (TPSA) is 40.5 Å². The highest BCUT2D eigenvalue weighted by atomic mass is 16.3. The number of hydrogen-bond acceptors (Lipinski definition) is 2. The first-order valence-electron chi connectivity index (χ1n) is 4.62. The predicted octanol–water partition coefficient (Wildman–Crippen LogP) is 1.22. The highest BCUT2D eigenvalue weighted by Crippen LogP contribution is 2.08. The van der Waals surface area contributed by atoms with Crippen LogP contribution in [-0.2, 0) is 6.42 Å². The number of aliphatic hydroxyl groups is 2. The second kappa shape index (κ2) is 5.73. The number of benzene rings is 1. The van der Waals surface area contributed by atoms with E-state index in [1.807, 2.05) is 18.2 Å². The molecule has 0 saturated heterocycles. The molecule has 0 heterocycles. The molecule has 1 aromatic carbocycles. The third-order valence-electron chi connectivity index (χ3n) is 2.20. The lowest BCUT2D eigenvalue weighted by Crippen LogP contribution is -2.11. The lowest BCUT2D eigenvalue weighted by atomic mass is 10.0. The maximum atomic E-state index is 8.84. The van der Waals surface area contributed by atoms with Gasteiger partial charge in [-0.3, -0.25) is 0 Å². The van der Waals surface area contributed by atoms with Gasteiger partial charge in [0, 0.05) is 19.1 Å². The molecule has 0 amide bonds. The van der Waals surface area contributed by atoms with Gasteiger partial charge in [0.05, 0.1) is 0 Å². The first kappa shape index (κ1) is 10.2. The van der Waals surface area contributed by atoms with Gasteiger partial charge < -0.3 is 10.2 Å². The summed E-state index contributed by atoms with van der Waals surface area (Å²) >= 11 is 0. The van der Waals surface area contributed by atoms with Crippen LogP contribution in [0, 0.1) is 5.92 Å². The lowest BCUT2D eigenvalue weighted by Gasteiger charge is -2.09. The van der Waals surface area contributed by atoms with Crippen LogP contribution in [0.4, 0.5) is 0 Å². The fourth-order valence-corrected chi connectivity index (χ4v) is 1.26. The molecule has 0 unspecified atom stereocenters. The molecule has 0 spiro atoms. The van der Waals surface area contributed by atoms with E-state index in [2.05, 4.69) is 12.1 Å². The van der Waals surface area contributed by atoms with Crippen LogP contribution < -0.4 is 0 Å². The van der Waals surface area contributed by atoms with Crippen molar-refractivity contribution in [3.63, 3.8) is 0 Å². The Labute approximate surface area is 78.8 Å². The van der Waals surface area contributed by atoms with Crippen LogP contribution in [0.1, 0.15) is 12.0 Å². The average molecular weight is 180 g/mol. The summed E-state index contributed by atoms with van der Waals surface area (Å²) in [6.07, 6.45) is 1.77. The van der Waals surface area contributed by atoms with Crippen LogP contribution in [0.3, 0.4) is 0 Å². The minimum absolute atomic E-state index is 0.0280. The molecule has 0 radical (unpaired) electrons. The Morgan fingerprint density at radius 2 is 1.62 bits per heavy atom. The van der Waals surface area contributed by atoms with Gasteiger partial charge in [-0.25, -0.2) is 0 Å². The van der Waals surface area contributed by atoms with Crippen LogP contribution >= 0.6 is 0 Å². The van der Waals surface area contributed by atoms with Crippen molar-refractivity contribution in [2.24, 2.45) is 5.92 Å². The smallest absolute Gasteiger partial charge is 0.0481 e. The zero-order valence-electron chi connectivity index (χ0n) is 7.69. The van der Waals surface area contributed by atoms with Gasteiger partial charge in [0.2, 0.25) is 0 Å². The molecule has 0 bridgehead atoms. The minimum atomic E-state index is 0.0280. The third kappa shape index (κ3) is 3.57. The SMILES string of the molecule is OCC(CO)CCc1ccccc1. The molecule has 0 aromatic heterocycles. The largest absolute Gasteiger partial charge is 0.396 e. The molecule has 0 fully saturated rings. The Morgan fingerprint density at radius 1 is 1.00 bits per heavy atom. The Morgan fingerprint density at radius 3 is 2.15 bits per heavy atom. The fourth-order valence-electron chi connectivity index (χ4n) is 1.26. The molecule has 2 heteroatoms. The molecule has 0 saturated carbocycles. The van der Waals surface area contributed by atoms with Crippen molar-refractivity contribution in [3.05, 3.63) is 35.9 Å². The monoisotopic (exact) mass is 180 g/mol. The first-order valence-corrected chi connectivity index (χ1v) is 4.62. The van der Waals surface area contributed by atoms with Crippen molar-refractivity contribution in [2.75, 3.05) is 13.2 Å². The van der Waals surface area contributed by atoms with E-state index in [-0.39, 0.29) is 19.1 Å². The van der Waals surface area contributed by atoms with Crippen molar-refractivity contribution in [1.82, 2.24) is 0 Å². The quantitative estimate of drug-likeness (QED) is 0.715. The molecule has 1 rings (SSSR count). The summed E-state index contributed by atoms with van der Waals surface area (Å²) in [7, 11) is 0. The maximum Gasteiger partial charge on any atom is 0.0481 e. The van der Waals surface area contributed by atoms with E-state index in [0.717, 1.165) is 12.8 Å². The summed E-state index contributed by atoms with van der Waals surface area (Å²) in [5.74, 6) is 0.0280. The molecule has 2 N–H and O–H groups in total. The highest BCUT2D eigenvalue weighted by Gasteiger charge is 2.05. The van der Waals surface area contributed by atoms with E-state index in [1.54, 1.807) is 0 Å². The van der Waals surface area contributed by atoms with Crippen LogP contribution in [0.5, 0.6) is 0 Å². The van der Waals surface area contributed by atoms with E-state index >= 15 is 0 Å².